The summed E-state index contributed by atoms with van der Waals surface area (Å²) in [5.41, 5.74) is 11.3. The number of anilines is 1. The van der Waals surface area contributed by atoms with Gasteiger partial charge in [-0.2, -0.15) is 0 Å². The fourth-order valence-corrected chi connectivity index (χ4v) is 3.02. The minimum Gasteiger partial charge on any atom is -0.437 e. The normalized spacial score (nSPS) is 15.8. The van der Waals surface area contributed by atoms with Gasteiger partial charge in [0.05, 0.1) is 0 Å². The summed E-state index contributed by atoms with van der Waals surface area (Å²) in [7, 11) is -0.356. The zero-order valence-corrected chi connectivity index (χ0v) is 12.9. The molecule has 1 aromatic carbocycles. The van der Waals surface area contributed by atoms with E-state index in [1.807, 2.05) is 6.82 Å². The van der Waals surface area contributed by atoms with Crippen molar-refractivity contribution in [3.8, 4) is 0 Å². The highest BCUT2D eigenvalue weighted by atomic mass is 16.2. The molecule has 1 heterocycles. The van der Waals surface area contributed by atoms with Gasteiger partial charge in [-0.15, -0.1) is 0 Å². The van der Waals surface area contributed by atoms with Crippen molar-refractivity contribution in [2.24, 2.45) is 0 Å². The monoisotopic (exact) mass is 274 g/mol. The molecule has 0 saturated heterocycles. The fourth-order valence-electron chi connectivity index (χ4n) is 3.02. The summed E-state index contributed by atoms with van der Waals surface area (Å²) in [6.07, 6.45) is 6.83. The molecule has 110 valence electrons. The molecule has 0 amide bonds. The van der Waals surface area contributed by atoms with Crippen molar-refractivity contribution in [3.63, 3.8) is 0 Å². The number of aryl methyl sites for hydroxylation is 1. The molecule has 2 rings (SSSR count). The summed E-state index contributed by atoms with van der Waals surface area (Å²) in [4.78, 5) is 2.13. The fraction of sp³-hybridized carbons (Fsp3) is 0.625. The molecule has 0 atom stereocenters. The van der Waals surface area contributed by atoms with Crippen LogP contribution >= 0.6 is 0 Å². The van der Waals surface area contributed by atoms with Crippen LogP contribution in [-0.2, 0) is 19.3 Å². The number of benzene rings is 1. The standard InChI is InChI=1S/C16H27BN2O/c1-3-4-5-6-15-11-13-7-9-19(17(2)20)10-8-14(13)12-16(15)18/h11-12,20H,3-10,18H2,1-2H3. The predicted molar refractivity (Wildman–Crippen MR) is 86.9 cm³/mol. The number of hydrogen-bond acceptors (Lipinski definition) is 3. The van der Waals surface area contributed by atoms with Crippen molar-refractivity contribution in [2.75, 3.05) is 18.8 Å². The van der Waals surface area contributed by atoms with E-state index < -0.39 is 0 Å². The van der Waals surface area contributed by atoms with Crippen LogP contribution in [0.4, 0.5) is 5.69 Å². The van der Waals surface area contributed by atoms with E-state index in [0.717, 1.165) is 38.0 Å². The molecule has 0 fully saturated rings. The van der Waals surface area contributed by atoms with Gasteiger partial charge in [-0.3, -0.25) is 0 Å². The highest BCUT2D eigenvalue weighted by Gasteiger charge is 2.20. The van der Waals surface area contributed by atoms with E-state index in [2.05, 4.69) is 23.9 Å². The van der Waals surface area contributed by atoms with E-state index >= 15 is 0 Å². The van der Waals surface area contributed by atoms with Crippen LogP contribution in [0.3, 0.4) is 0 Å². The highest BCUT2D eigenvalue weighted by Crippen LogP contribution is 2.24. The molecule has 1 aliphatic heterocycles. The van der Waals surface area contributed by atoms with E-state index in [1.54, 1.807) is 0 Å². The minimum atomic E-state index is -0.356. The van der Waals surface area contributed by atoms with Crippen molar-refractivity contribution < 1.29 is 5.02 Å². The molecule has 1 aliphatic rings. The molecule has 0 unspecified atom stereocenters. The van der Waals surface area contributed by atoms with Crippen molar-refractivity contribution >= 4 is 12.7 Å². The first-order valence-electron chi connectivity index (χ1n) is 7.94. The summed E-state index contributed by atoms with van der Waals surface area (Å²) in [6.45, 7) is 5.92. The van der Waals surface area contributed by atoms with Crippen LogP contribution in [0, 0.1) is 0 Å². The van der Waals surface area contributed by atoms with Gasteiger partial charge in [-0.25, -0.2) is 0 Å². The first-order chi connectivity index (χ1) is 9.61. The predicted octanol–water partition coefficient (Wildman–Crippen LogP) is 2.51. The summed E-state index contributed by atoms with van der Waals surface area (Å²) >= 11 is 0. The third-order valence-corrected chi connectivity index (χ3v) is 4.38. The average molecular weight is 274 g/mol. The number of nitrogen functional groups attached to an aromatic ring is 1. The summed E-state index contributed by atoms with van der Waals surface area (Å²) in [6, 6.07) is 4.48. The smallest absolute Gasteiger partial charge is 0.376 e. The molecule has 0 bridgehead atoms. The Labute approximate surface area is 123 Å². The van der Waals surface area contributed by atoms with Crippen LogP contribution < -0.4 is 5.73 Å². The van der Waals surface area contributed by atoms with E-state index in [9.17, 15) is 5.02 Å². The number of hydrogen-bond donors (Lipinski definition) is 2. The second-order valence-electron chi connectivity index (χ2n) is 5.94. The summed E-state index contributed by atoms with van der Waals surface area (Å²) in [5, 5.41) is 9.73. The second kappa shape index (κ2) is 7.14. The van der Waals surface area contributed by atoms with E-state index in [4.69, 9.17) is 5.73 Å². The highest BCUT2D eigenvalue weighted by molar-refractivity contribution is 6.45. The van der Waals surface area contributed by atoms with Crippen molar-refractivity contribution in [2.45, 2.75) is 52.3 Å². The van der Waals surface area contributed by atoms with Gasteiger partial charge in [0.2, 0.25) is 0 Å². The number of nitrogens with two attached hydrogens (primary N) is 1. The van der Waals surface area contributed by atoms with Crippen LogP contribution in [0.15, 0.2) is 12.1 Å². The molecule has 20 heavy (non-hydrogen) atoms. The van der Waals surface area contributed by atoms with E-state index in [0.29, 0.717) is 0 Å². The molecular formula is C16H27BN2O. The SMILES string of the molecule is CCCCCc1cc2c(cc1N)CCN(B(C)O)CC2. The number of unbranched alkanes of at least 4 members (excludes halogenated alkanes) is 2. The van der Waals surface area contributed by atoms with Gasteiger partial charge in [0.1, 0.15) is 0 Å². The Balaban J connectivity index is 2.11. The van der Waals surface area contributed by atoms with Crippen LogP contribution in [-0.4, -0.2) is 30.0 Å². The molecule has 0 saturated carbocycles. The Bertz CT molecular complexity index is 448. The van der Waals surface area contributed by atoms with Gasteiger partial charge in [0, 0.05) is 5.69 Å². The molecule has 0 aliphatic carbocycles. The molecule has 3 N–H and O–H groups in total. The Kier molecular flexibility index (Phi) is 5.50. The van der Waals surface area contributed by atoms with Gasteiger partial charge in [0.25, 0.3) is 0 Å². The molecule has 1 aromatic rings. The lowest BCUT2D eigenvalue weighted by molar-refractivity contribution is 0.379. The molecule has 4 heteroatoms. The third kappa shape index (κ3) is 3.77. The third-order valence-electron chi connectivity index (χ3n) is 4.38. The van der Waals surface area contributed by atoms with Crippen molar-refractivity contribution in [1.29, 1.82) is 0 Å². The zero-order chi connectivity index (χ0) is 14.5. The van der Waals surface area contributed by atoms with Crippen LogP contribution in [0.5, 0.6) is 0 Å². The van der Waals surface area contributed by atoms with Crippen LogP contribution in [0.1, 0.15) is 42.9 Å². The van der Waals surface area contributed by atoms with Gasteiger partial charge in [-0.05, 0) is 68.4 Å². The van der Waals surface area contributed by atoms with Gasteiger partial charge in [-0.1, -0.05) is 25.8 Å². The Morgan fingerprint density at radius 2 is 1.85 bits per heavy atom. The lowest BCUT2D eigenvalue weighted by Crippen LogP contribution is -2.38. The number of fused-ring (bicyclic) bond motifs is 1. The van der Waals surface area contributed by atoms with Crippen LogP contribution in [0.25, 0.3) is 0 Å². The van der Waals surface area contributed by atoms with Gasteiger partial charge < -0.3 is 15.6 Å². The van der Waals surface area contributed by atoms with Gasteiger partial charge >= 0.3 is 7.05 Å². The van der Waals surface area contributed by atoms with Crippen LogP contribution in [0.2, 0.25) is 6.82 Å². The minimum absolute atomic E-state index is 0.356. The molecule has 3 nitrogen and oxygen atoms in total. The van der Waals surface area contributed by atoms with E-state index in [-0.39, 0.29) is 7.05 Å². The van der Waals surface area contributed by atoms with Gasteiger partial charge in [0.15, 0.2) is 0 Å². The Hall–Kier alpha value is -0.995. The Morgan fingerprint density at radius 3 is 2.45 bits per heavy atom. The maximum atomic E-state index is 9.73. The maximum absolute atomic E-state index is 9.73. The zero-order valence-electron chi connectivity index (χ0n) is 12.9. The first kappa shape index (κ1) is 15.4. The lowest BCUT2D eigenvalue weighted by atomic mass is 9.85. The van der Waals surface area contributed by atoms with Crippen molar-refractivity contribution in [1.82, 2.24) is 4.81 Å². The molecular weight excluding hydrogens is 247 g/mol. The quantitative estimate of drug-likeness (QED) is 0.493. The number of rotatable bonds is 5. The Morgan fingerprint density at radius 1 is 1.20 bits per heavy atom. The van der Waals surface area contributed by atoms with Crippen molar-refractivity contribution in [3.05, 3.63) is 28.8 Å². The molecule has 0 spiro atoms. The second-order valence-corrected chi connectivity index (χ2v) is 5.94. The summed E-state index contributed by atoms with van der Waals surface area (Å²) in [5.74, 6) is 0. The largest absolute Gasteiger partial charge is 0.437 e. The molecule has 0 radical (unpaired) electrons. The maximum Gasteiger partial charge on any atom is 0.376 e. The topological polar surface area (TPSA) is 49.5 Å². The summed E-state index contributed by atoms with van der Waals surface area (Å²) < 4.78 is 0. The average Bonchev–Trinajstić information content (AvgIpc) is 2.61. The first-order valence-corrected chi connectivity index (χ1v) is 7.94. The molecule has 0 aromatic heterocycles. The number of nitrogens with zero attached hydrogens (tertiary/aromatic N) is 1. The lowest BCUT2D eigenvalue weighted by Gasteiger charge is -2.19. The van der Waals surface area contributed by atoms with E-state index in [1.165, 1.54) is 36.0 Å².